The highest BCUT2D eigenvalue weighted by atomic mass is 32.1. The van der Waals surface area contributed by atoms with Gasteiger partial charge in [-0.25, -0.2) is 14.4 Å². The fraction of sp³-hybridized carbons (Fsp3) is 0.179. The van der Waals surface area contributed by atoms with Crippen molar-refractivity contribution in [1.29, 1.82) is 0 Å². The van der Waals surface area contributed by atoms with Gasteiger partial charge in [0.2, 0.25) is 0 Å². The number of carboxylic acids is 1. The van der Waals surface area contributed by atoms with Crippen molar-refractivity contribution in [1.82, 2.24) is 15.5 Å². The molecule has 3 aromatic carbocycles. The number of esters is 1. The molecular weight excluding hydrogens is 506 g/mol. The van der Waals surface area contributed by atoms with Crippen molar-refractivity contribution < 1.29 is 29.0 Å². The van der Waals surface area contributed by atoms with Crippen molar-refractivity contribution >= 4 is 29.4 Å². The van der Waals surface area contributed by atoms with E-state index in [1.807, 2.05) is 48.5 Å². The molecule has 192 valence electrons. The molecule has 0 saturated carbocycles. The molecule has 38 heavy (non-hydrogen) atoms. The first-order valence-corrected chi connectivity index (χ1v) is 12.6. The number of nitrogens with zero attached hydrogens (tertiary/aromatic N) is 2. The zero-order chi connectivity index (χ0) is 26.6. The average Bonchev–Trinajstić information content (AvgIpc) is 3.54. The van der Waals surface area contributed by atoms with Crippen molar-refractivity contribution in [2.45, 2.75) is 18.4 Å². The molecular formula is C28H23N3O6S. The number of benzene rings is 3. The number of nitrogens with one attached hydrogen (secondary N) is 1. The Morgan fingerprint density at radius 3 is 2.18 bits per heavy atom. The summed E-state index contributed by atoms with van der Waals surface area (Å²) in [6.07, 6.45) is -0.875. The van der Waals surface area contributed by atoms with Gasteiger partial charge in [-0.1, -0.05) is 72.0 Å². The highest BCUT2D eigenvalue weighted by Gasteiger charge is 2.30. The molecule has 0 radical (unpaired) electrons. The Morgan fingerprint density at radius 1 is 0.947 bits per heavy atom. The van der Waals surface area contributed by atoms with Crippen LogP contribution in [0.1, 0.15) is 32.4 Å². The molecule has 0 bridgehead atoms. The molecule has 0 unspecified atom stereocenters. The maximum atomic E-state index is 12.6. The lowest BCUT2D eigenvalue weighted by Crippen LogP contribution is -2.42. The molecule has 0 fully saturated rings. The van der Waals surface area contributed by atoms with Gasteiger partial charge in [-0.2, -0.15) is 0 Å². The van der Waals surface area contributed by atoms with Gasteiger partial charge in [-0.3, -0.25) is 0 Å². The van der Waals surface area contributed by atoms with Crippen molar-refractivity contribution in [3.63, 3.8) is 0 Å². The predicted molar refractivity (Wildman–Crippen MR) is 140 cm³/mol. The number of carboxylic acid groups (broad SMARTS) is 1. The van der Waals surface area contributed by atoms with Gasteiger partial charge in [-0.15, -0.1) is 10.2 Å². The molecule has 0 spiro atoms. The third kappa shape index (κ3) is 5.12. The number of hydrogen-bond acceptors (Lipinski definition) is 8. The van der Waals surface area contributed by atoms with E-state index in [4.69, 9.17) is 9.47 Å². The fourth-order valence-electron chi connectivity index (χ4n) is 4.48. The highest BCUT2D eigenvalue weighted by molar-refractivity contribution is 7.14. The molecule has 1 aliphatic rings. The van der Waals surface area contributed by atoms with Gasteiger partial charge in [0.05, 0.1) is 12.7 Å². The summed E-state index contributed by atoms with van der Waals surface area (Å²) >= 11 is 1.20. The zero-order valence-corrected chi connectivity index (χ0v) is 21.1. The Bertz CT molecular complexity index is 1450. The summed E-state index contributed by atoms with van der Waals surface area (Å²) in [5.41, 5.74) is 5.46. The minimum atomic E-state index is -1.24. The number of amides is 1. The van der Waals surface area contributed by atoms with Gasteiger partial charge in [0.1, 0.15) is 22.7 Å². The molecule has 1 atom stereocenters. The molecule has 1 aliphatic carbocycles. The summed E-state index contributed by atoms with van der Waals surface area (Å²) in [7, 11) is 1.31. The summed E-state index contributed by atoms with van der Waals surface area (Å²) in [5.74, 6) is -1.79. The van der Waals surface area contributed by atoms with E-state index in [2.05, 4.69) is 15.5 Å². The fourth-order valence-corrected chi connectivity index (χ4v) is 5.37. The summed E-state index contributed by atoms with van der Waals surface area (Å²) < 4.78 is 10.2. The van der Waals surface area contributed by atoms with E-state index >= 15 is 0 Å². The standard InChI is InChI=1S/C28H23N3O6S/c1-36-27(34)17-12-10-16(11-13-17)25-31-30-24(38-25)14-23(26(32)33)29-28(35)37-15-22-20-8-4-2-6-18(20)19-7-3-5-9-21(19)22/h2-13,22-23H,14-15H2,1H3,(H,29,35)(H,32,33)/t23-/m0/s1. The minimum absolute atomic E-state index is 0.0581. The Labute approximate surface area is 222 Å². The van der Waals surface area contributed by atoms with E-state index in [-0.39, 0.29) is 18.9 Å². The summed E-state index contributed by atoms with van der Waals surface area (Å²) in [6.45, 7) is 0.0801. The molecule has 5 rings (SSSR count). The molecule has 0 saturated heterocycles. The first kappa shape index (κ1) is 25.1. The first-order chi connectivity index (χ1) is 18.4. The Hall–Kier alpha value is -4.57. The Morgan fingerprint density at radius 2 is 1.58 bits per heavy atom. The largest absolute Gasteiger partial charge is 0.480 e. The molecule has 1 amide bonds. The number of rotatable bonds is 8. The minimum Gasteiger partial charge on any atom is -0.480 e. The number of aliphatic carboxylic acids is 1. The Kier molecular flexibility index (Phi) is 7.14. The molecule has 0 aliphatic heterocycles. The molecule has 10 heteroatoms. The summed E-state index contributed by atoms with van der Waals surface area (Å²) in [4.78, 5) is 36.1. The lowest BCUT2D eigenvalue weighted by atomic mass is 9.98. The first-order valence-electron chi connectivity index (χ1n) is 11.8. The van der Waals surface area contributed by atoms with Gasteiger partial charge in [0.15, 0.2) is 0 Å². The van der Waals surface area contributed by atoms with Crippen LogP contribution in [0.25, 0.3) is 21.7 Å². The smallest absolute Gasteiger partial charge is 0.407 e. The van der Waals surface area contributed by atoms with E-state index in [1.165, 1.54) is 18.4 Å². The van der Waals surface area contributed by atoms with Crippen LogP contribution in [0.15, 0.2) is 72.8 Å². The number of alkyl carbamates (subject to hydrolysis) is 1. The number of aromatic nitrogens is 2. The van der Waals surface area contributed by atoms with E-state index in [9.17, 15) is 19.5 Å². The quantitative estimate of drug-likeness (QED) is 0.319. The van der Waals surface area contributed by atoms with Crippen LogP contribution in [0.3, 0.4) is 0 Å². The third-order valence-corrected chi connectivity index (χ3v) is 7.33. The number of carbonyl (C=O) groups is 3. The highest BCUT2D eigenvalue weighted by Crippen LogP contribution is 2.44. The number of carbonyl (C=O) groups excluding carboxylic acids is 2. The second kappa shape index (κ2) is 10.8. The van der Waals surface area contributed by atoms with Crippen LogP contribution in [0, 0.1) is 0 Å². The van der Waals surface area contributed by atoms with Crippen LogP contribution < -0.4 is 5.32 Å². The van der Waals surface area contributed by atoms with E-state index in [0.29, 0.717) is 15.6 Å². The maximum absolute atomic E-state index is 12.6. The molecule has 9 nitrogen and oxygen atoms in total. The average molecular weight is 530 g/mol. The van der Waals surface area contributed by atoms with Gasteiger partial charge in [-0.05, 0) is 34.4 Å². The maximum Gasteiger partial charge on any atom is 0.407 e. The van der Waals surface area contributed by atoms with Gasteiger partial charge < -0.3 is 19.9 Å². The third-order valence-electron chi connectivity index (χ3n) is 6.33. The van der Waals surface area contributed by atoms with Crippen molar-refractivity contribution in [2.24, 2.45) is 0 Å². The number of hydrogen-bond donors (Lipinski definition) is 2. The van der Waals surface area contributed by atoms with Gasteiger partial charge in [0, 0.05) is 17.9 Å². The summed E-state index contributed by atoms with van der Waals surface area (Å²) in [6, 6.07) is 21.3. The lowest BCUT2D eigenvalue weighted by molar-refractivity contribution is -0.139. The number of ether oxygens (including phenoxy) is 2. The SMILES string of the molecule is COC(=O)c1ccc(-c2nnc(C[C@H](NC(=O)OCC3c4ccccc4-c4ccccc43)C(=O)O)s2)cc1. The number of fused-ring (bicyclic) bond motifs is 3. The predicted octanol–water partition coefficient (Wildman–Crippen LogP) is 4.53. The lowest BCUT2D eigenvalue weighted by Gasteiger charge is -2.17. The van der Waals surface area contributed by atoms with Crippen LogP contribution >= 0.6 is 11.3 Å². The van der Waals surface area contributed by atoms with Crippen molar-refractivity contribution in [2.75, 3.05) is 13.7 Å². The van der Waals surface area contributed by atoms with Gasteiger partial charge in [0.25, 0.3) is 0 Å². The molecule has 4 aromatic rings. The second-order valence-corrected chi connectivity index (χ2v) is 9.70. The molecule has 2 N–H and O–H groups in total. The van der Waals surface area contributed by atoms with E-state index in [0.717, 1.165) is 27.8 Å². The zero-order valence-electron chi connectivity index (χ0n) is 20.3. The summed E-state index contributed by atoms with van der Waals surface area (Å²) in [5, 5.41) is 21.3. The van der Waals surface area contributed by atoms with Crippen molar-refractivity contribution in [3.8, 4) is 21.7 Å². The monoisotopic (exact) mass is 529 g/mol. The van der Waals surface area contributed by atoms with Crippen LogP contribution in [0.4, 0.5) is 4.79 Å². The van der Waals surface area contributed by atoms with Gasteiger partial charge >= 0.3 is 18.0 Å². The van der Waals surface area contributed by atoms with Crippen LogP contribution in [-0.2, 0) is 20.7 Å². The van der Waals surface area contributed by atoms with E-state index < -0.39 is 24.1 Å². The second-order valence-electron chi connectivity index (χ2n) is 8.63. The van der Waals surface area contributed by atoms with Crippen LogP contribution in [-0.4, -0.2) is 53.1 Å². The van der Waals surface area contributed by atoms with Crippen LogP contribution in [0.2, 0.25) is 0 Å². The number of methoxy groups -OCH3 is 1. The van der Waals surface area contributed by atoms with Crippen molar-refractivity contribution in [3.05, 3.63) is 94.5 Å². The normalized spacial score (nSPS) is 12.8. The van der Waals surface area contributed by atoms with E-state index in [1.54, 1.807) is 24.3 Å². The Balaban J connectivity index is 1.22. The van der Waals surface area contributed by atoms with Crippen LogP contribution in [0.5, 0.6) is 0 Å². The molecule has 1 aromatic heterocycles. The topological polar surface area (TPSA) is 128 Å². The molecule has 1 heterocycles.